The molecule has 4 aromatic heterocycles. The molecule has 11 aromatic rings. The average molecular weight is 695 g/mol. The van der Waals surface area contributed by atoms with Gasteiger partial charge in [0, 0.05) is 37.9 Å². The molecule has 6 nitrogen and oxygen atoms in total. The normalized spacial score (nSPS) is 12.0. The summed E-state index contributed by atoms with van der Waals surface area (Å²) in [4.78, 5) is 16.3. The van der Waals surface area contributed by atoms with Crippen molar-refractivity contribution in [2.24, 2.45) is 0 Å². The van der Waals surface area contributed by atoms with Crippen molar-refractivity contribution < 1.29 is 0 Å². The van der Waals surface area contributed by atoms with Gasteiger partial charge in [0.15, 0.2) is 5.82 Å². The molecule has 7 aromatic carbocycles. The second-order valence-corrected chi connectivity index (χ2v) is 14.3. The quantitative estimate of drug-likeness (QED) is 0.184. The molecule has 0 aliphatic heterocycles. The zero-order valence-electron chi connectivity index (χ0n) is 30.1. The fraction of sp³-hybridized carbons (Fsp3) is 0.0625. The van der Waals surface area contributed by atoms with Crippen LogP contribution >= 0.6 is 0 Å². The molecule has 0 N–H and O–H groups in total. The second kappa shape index (κ2) is 11.5. The molecule has 54 heavy (non-hydrogen) atoms. The average Bonchev–Trinajstić information content (AvgIpc) is 3.84. The summed E-state index contributed by atoms with van der Waals surface area (Å²) in [5, 5.41) is 7.05. The van der Waals surface area contributed by atoms with Crippen LogP contribution in [0.1, 0.15) is 16.7 Å². The van der Waals surface area contributed by atoms with Crippen LogP contribution in [0.5, 0.6) is 0 Å². The molecule has 256 valence electrons. The zero-order valence-corrected chi connectivity index (χ0v) is 30.1. The number of benzene rings is 7. The minimum Gasteiger partial charge on any atom is -0.308 e. The molecule has 0 aliphatic carbocycles. The number of nitrogens with zero attached hydrogens (tertiary/aromatic N) is 6. The van der Waals surface area contributed by atoms with Crippen molar-refractivity contribution in [3.8, 4) is 29.0 Å². The molecule has 0 radical (unpaired) electrons. The Morgan fingerprint density at radius 1 is 0.352 bits per heavy atom. The van der Waals surface area contributed by atoms with Crippen molar-refractivity contribution in [2.75, 3.05) is 0 Å². The lowest BCUT2D eigenvalue weighted by Gasteiger charge is -2.17. The molecular weight excluding hydrogens is 661 g/mol. The summed E-state index contributed by atoms with van der Waals surface area (Å²) in [5.74, 6) is 1.74. The van der Waals surface area contributed by atoms with Gasteiger partial charge in [-0.25, -0.2) is 0 Å². The van der Waals surface area contributed by atoms with E-state index in [-0.39, 0.29) is 0 Å². The number of aromatic nitrogens is 6. The second-order valence-electron chi connectivity index (χ2n) is 14.3. The van der Waals surface area contributed by atoms with Gasteiger partial charge in [-0.2, -0.15) is 15.0 Å². The number of fused-ring (bicyclic) bond motifs is 9. The van der Waals surface area contributed by atoms with E-state index in [9.17, 15) is 0 Å². The van der Waals surface area contributed by atoms with Crippen LogP contribution in [0.15, 0.2) is 152 Å². The topological polar surface area (TPSA) is 53.5 Å². The predicted molar refractivity (Wildman–Crippen MR) is 222 cm³/mol. The fourth-order valence-corrected chi connectivity index (χ4v) is 8.46. The van der Waals surface area contributed by atoms with Crippen molar-refractivity contribution in [2.45, 2.75) is 20.8 Å². The monoisotopic (exact) mass is 694 g/mol. The van der Waals surface area contributed by atoms with Gasteiger partial charge in [-0.05, 0) is 86.5 Å². The van der Waals surface area contributed by atoms with Gasteiger partial charge in [0.05, 0.1) is 38.8 Å². The highest BCUT2D eigenvalue weighted by Gasteiger charge is 2.23. The van der Waals surface area contributed by atoms with E-state index in [4.69, 9.17) is 15.0 Å². The first-order valence-corrected chi connectivity index (χ1v) is 18.4. The summed E-state index contributed by atoms with van der Waals surface area (Å²) in [6.45, 7) is 6.51. The predicted octanol–water partition coefficient (Wildman–Crippen LogP) is 11.8. The van der Waals surface area contributed by atoms with E-state index in [0.29, 0.717) is 17.7 Å². The standard InChI is InChI=1S/C48H34N6/c1-29-24-25-44-37(26-29)36-18-8-9-19-39(36)52(44)45-28-31(3)30(2)27-38(45)46-49-47(53-40-20-10-4-14-32(40)33-15-5-11-21-41(33)53)51-48(50-46)54-42-22-12-6-16-34(42)35-17-7-13-23-43(35)54/h4-28H,1-3H3. The number of aryl methyl sites for hydroxylation is 3. The Morgan fingerprint density at radius 3 is 1.22 bits per heavy atom. The summed E-state index contributed by atoms with van der Waals surface area (Å²) in [6.07, 6.45) is 0. The first-order valence-electron chi connectivity index (χ1n) is 18.4. The van der Waals surface area contributed by atoms with Gasteiger partial charge >= 0.3 is 0 Å². The van der Waals surface area contributed by atoms with Gasteiger partial charge in [-0.3, -0.25) is 9.13 Å². The smallest absolute Gasteiger partial charge is 0.240 e. The zero-order chi connectivity index (χ0) is 36.1. The first-order chi connectivity index (χ1) is 26.5. The van der Waals surface area contributed by atoms with Gasteiger partial charge in [-0.15, -0.1) is 0 Å². The minimum atomic E-state index is 0.566. The van der Waals surface area contributed by atoms with Crippen LogP contribution in [-0.2, 0) is 0 Å². The lowest BCUT2D eigenvalue weighted by Crippen LogP contribution is -2.11. The summed E-state index contributed by atoms with van der Waals surface area (Å²) in [6, 6.07) is 54.0. The highest BCUT2D eigenvalue weighted by Crippen LogP contribution is 2.39. The Balaban J connectivity index is 1.29. The van der Waals surface area contributed by atoms with E-state index >= 15 is 0 Å². The third kappa shape index (κ3) is 4.37. The third-order valence-electron chi connectivity index (χ3n) is 11.1. The van der Waals surface area contributed by atoms with Gasteiger partial charge in [0.2, 0.25) is 11.9 Å². The lowest BCUT2D eigenvalue weighted by molar-refractivity contribution is 0.891. The maximum atomic E-state index is 5.45. The number of hydrogen-bond acceptors (Lipinski definition) is 3. The van der Waals surface area contributed by atoms with Crippen LogP contribution in [0.3, 0.4) is 0 Å². The molecule has 0 fully saturated rings. The van der Waals surface area contributed by atoms with E-state index in [2.05, 4.69) is 186 Å². The minimum absolute atomic E-state index is 0.566. The molecule has 0 unspecified atom stereocenters. The molecule has 6 heteroatoms. The number of rotatable bonds is 4. The van der Waals surface area contributed by atoms with Crippen molar-refractivity contribution in [3.63, 3.8) is 0 Å². The van der Waals surface area contributed by atoms with Crippen LogP contribution in [-0.4, -0.2) is 28.7 Å². The van der Waals surface area contributed by atoms with Gasteiger partial charge < -0.3 is 4.57 Å². The van der Waals surface area contributed by atoms with E-state index in [1.807, 2.05) is 0 Å². The van der Waals surface area contributed by atoms with Gasteiger partial charge in [0.1, 0.15) is 0 Å². The molecule has 0 amide bonds. The molecule has 0 saturated carbocycles. The summed E-state index contributed by atoms with van der Waals surface area (Å²) in [7, 11) is 0. The Hall–Kier alpha value is -7.05. The van der Waals surface area contributed by atoms with E-state index in [1.54, 1.807) is 0 Å². The summed E-state index contributed by atoms with van der Waals surface area (Å²) >= 11 is 0. The van der Waals surface area contributed by atoms with Crippen molar-refractivity contribution >= 4 is 65.4 Å². The molecule has 0 spiro atoms. The molecule has 0 saturated heterocycles. The summed E-state index contributed by atoms with van der Waals surface area (Å²) < 4.78 is 6.77. The Kier molecular flexibility index (Phi) is 6.49. The van der Waals surface area contributed by atoms with E-state index in [0.717, 1.165) is 65.9 Å². The van der Waals surface area contributed by atoms with Gasteiger partial charge in [-0.1, -0.05) is 103 Å². The molecule has 0 aliphatic rings. The highest BCUT2D eigenvalue weighted by molar-refractivity contribution is 6.11. The summed E-state index contributed by atoms with van der Waals surface area (Å²) in [5.41, 5.74) is 12.0. The van der Waals surface area contributed by atoms with Crippen molar-refractivity contribution in [3.05, 3.63) is 168 Å². The first kappa shape index (κ1) is 30.6. The molecule has 0 bridgehead atoms. The molecule has 11 rings (SSSR count). The fourth-order valence-electron chi connectivity index (χ4n) is 8.46. The van der Waals surface area contributed by atoms with Gasteiger partial charge in [0.25, 0.3) is 0 Å². The maximum Gasteiger partial charge on any atom is 0.240 e. The Bertz CT molecular complexity index is 3080. The highest BCUT2D eigenvalue weighted by atomic mass is 15.3. The van der Waals surface area contributed by atoms with Crippen LogP contribution in [0.2, 0.25) is 0 Å². The van der Waals surface area contributed by atoms with Crippen LogP contribution < -0.4 is 0 Å². The molecular formula is C48H34N6. The SMILES string of the molecule is Cc1ccc2c(c1)c1ccccc1n2-c1cc(C)c(C)cc1-c1nc(-n2c3ccccc3c3ccccc32)nc(-n2c3ccccc3c3ccccc32)n1. The maximum absolute atomic E-state index is 5.45. The van der Waals surface area contributed by atoms with E-state index < -0.39 is 0 Å². The third-order valence-corrected chi connectivity index (χ3v) is 11.1. The van der Waals surface area contributed by atoms with Crippen molar-refractivity contribution in [1.82, 2.24) is 28.7 Å². The number of hydrogen-bond donors (Lipinski definition) is 0. The van der Waals surface area contributed by atoms with Crippen LogP contribution in [0.25, 0.3) is 94.4 Å². The largest absolute Gasteiger partial charge is 0.308 e. The van der Waals surface area contributed by atoms with Crippen molar-refractivity contribution in [1.29, 1.82) is 0 Å². The lowest BCUT2D eigenvalue weighted by atomic mass is 10.0. The molecule has 0 atom stereocenters. The Labute approximate surface area is 311 Å². The number of para-hydroxylation sites is 5. The van der Waals surface area contributed by atoms with E-state index in [1.165, 1.54) is 27.5 Å². The van der Waals surface area contributed by atoms with Crippen LogP contribution in [0, 0.1) is 20.8 Å². The Morgan fingerprint density at radius 2 is 0.741 bits per heavy atom. The van der Waals surface area contributed by atoms with Crippen LogP contribution in [0.4, 0.5) is 0 Å². The molecule has 4 heterocycles.